The first-order valence-electron chi connectivity index (χ1n) is 6.88. The molecule has 0 saturated carbocycles. The molecule has 0 aliphatic carbocycles. The van der Waals surface area contributed by atoms with Gasteiger partial charge in [-0.3, -0.25) is 4.79 Å². The zero-order valence-electron chi connectivity index (χ0n) is 12.5. The van der Waals surface area contributed by atoms with E-state index >= 15 is 0 Å². The highest BCUT2D eigenvalue weighted by Crippen LogP contribution is 2.34. The van der Waals surface area contributed by atoms with Crippen LogP contribution in [0.2, 0.25) is 10.0 Å². The van der Waals surface area contributed by atoms with Crippen LogP contribution >= 0.6 is 23.2 Å². The van der Waals surface area contributed by atoms with E-state index in [1.165, 1.54) is 0 Å². The zero-order chi connectivity index (χ0) is 17.5. The average Bonchev–Trinajstić information content (AvgIpc) is 2.52. The maximum absolute atomic E-state index is 12.7. The van der Waals surface area contributed by atoms with Crippen LogP contribution in [0.5, 0.6) is 0 Å². The Bertz CT molecular complexity index is 918. The van der Waals surface area contributed by atoms with Gasteiger partial charge in [-0.05, 0) is 29.8 Å². The van der Waals surface area contributed by atoms with Crippen molar-refractivity contribution >= 4 is 44.8 Å². The number of anilines is 1. The summed E-state index contributed by atoms with van der Waals surface area (Å²) in [7, 11) is -3.66. The number of amides is 1. The summed E-state index contributed by atoms with van der Waals surface area (Å²) >= 11 is 12.0. The number of hydrogen-bond acceptors (Lipinski definition) is 4. The third-order valence-corrected chi connectivity index (χ3v) is 4.72. The summed E-state index contributed by atoms with van der Waals surface area (Å²) in [5.74, 6) is -0.467. The molecule has 2 N–H and O–H groups in total. The second-order valence-electron chi connectivity index (χ2n) is 5.30. The standard InChI is InChI=1S/C15H13Cl2N3O3S/c1-24(22,23)19-20-14(9-6-7-11(16)12(17)8-9)18-13-5-3-2-4-10(13)15(20)21/h2-8,14,18-19H,1H3. The lowest BCUT2D eigenvalue weighted by molar-refractivity contribution is 0.0633. The number of hydrogen-bond donors (Lipinski definition) is 2. The molecule has 0 aromatic heterocycles. The summed E-state index contributed by atoms with van der Waals surface area (Å²) in [5, 5.41) is 4.84. The Morgan fingerprint density at radius 1 is 1.12 bits per heavy atom. The van der Waals surface area contributed by atoms with Crippen molar-refractivity contribution in [1.29, 1.82) is 0 Å². The number of carbonyl (C=O) groups is 1. The van der Waals surface area contributed by atoms with Crippen LogP contribution < -0.4 is 10.1 Å². The Morgan fingerprint density at radius 2 is 1.83 bits per heavy atom. The second-order valence-corrected chi connectivity index (χ2v) is 7.85. The third kappa shape index (κ3) is 3.34. The molecule has 2 aromatic carbocycles. The molecule has 0 bridgehead atoms. The highest BCUT2D eigenvalue weighted by atomic mass is 35.5. The van der Waals surface area contributed by atoms with Crippen molar-refractivity contribution in [2.24, 2.45) is 0 Å². The summed E-state index contributed by atoms with van der Waals surface area (Å²) in [6.45, 7) is 0. The molecule has 1 aliphatic heterocycles. The Hall–Kier alpha value is -1.80. The molecule has 1 atom stereocenters. The molecule has 0 saturated heterocycles. The second kappa shape index (κ2) is 6.25. The number of hydrazine groups is 1. The van der Waals surface area contributed by atoms with Gasteiger partial charge in [-0.1, -0.05) is 41.4 Å². The molecule has 2 aromatic rings. The third-order valence-electron chi connectivity index (χ3n) is 3.45. The van der Waals surface area contributed by atoms with Crippen LogP contribution in [-0.4, -0.2) is 25.6 Å². The fraction of sp³-hybridized carbons (Fsp3) is 0.133. The van der Waals surface area contributed by atoms with E-state index in [1.807, 2.05) is 0 Å². The topological polar surface area (TPSA) is 78.5 Å². The molecule has 6 nitrogen and oxygen atoms in total. The summed E-state index contributed by atoms with van der Waals surface area (Å²) in [6.07, 6.45) is 0.212. The Morgan fingerprint density at radius 3 is 2.50 bits per heavy atom. The first-order chi connectivity index (χ1) is 11.3. The number of sulfonamides is 1. The number of nitrogens with zero attached hydrogens (tertiary/aromatic N) is 1. The minimum atomic E-state index is -3.66. The molecule has 126 valence electrons. The van der Waals surface area contributed by atoms with Gasteiger partial charge in [0.2, 0.25) is 10.0 Å². The molecule has 0 spiro atoms. The van der Waals surface area contributed by atoms with Crippen molar-refractivity contribution in [2.75, 3.05) is 11.6 Å². The zero-order valence-corrected chi connectivity index (χ0v) is 14.8. The molecular formula is C15H13Cl2N3O3S. The number of para-hydroxylation sites is 1. The van der Waals surface area contributed by atoms with Crippen LogP contribution in [0, 0.1) is 0 Å². The van der Waals surface area contributed by atoms with Gasteiger partial charge in [0.25, 0.3) is 5.91 Å². The predicted molar refractivity (Wildman–Crippen MR) is 93.4 cm³/mol. The van der Waals surface area contributed by atoms with E-state index in [0.717, 1.165) is 11.3 Å². The van der Waals surface area contributed by atoms with Crippen LogP contribution in [0.15, 0.2) is 42.5 Å². The van der Waals surface area contributed by atoms with Crippen LogP contribution in [0.3, 0.4) is 0 Å². The summed E-state index contributed by atoms with van der Waals surface area (Å²) in [6, 6.07) is 11.7. The van der Waals surface area contributed by atoms with Crippen molar-refractivity contribution in [1.82, 2.24) is 9.84 Å². The Kier molecular flexibility index (Phi) is 4.44. The van der Waals surface area contributed by atoms with Gasteiger partial charge in [0.05, 0.1) is 21.9 Å². The number of nitrogens with one attached hydrogen (secondary N) is 2. The van der Waals surface area contributed by atoms with Crippen molar-refractivity contribution in [3.8, 4) is 0 Å². The van der Waals surface area contributed by atoms with Gasteiger partial charge >= 0.3 is 0 Å². The highest BCUT2D eigenvalue weighted by molar-refractivity contribution is 7.88. The highest BCUT2D eigenvalue weighted by Gasteiger charge is 2.34. The largest absolute Gasteiger partial charge is 0.360 e. The lowest BCUT2D eigenvalue weighted by atomic mass is 10.1. The van der Waals surface area contributed by atoms with Crippen LogP contribution in [0.25, 0.3) is 0 Å². The van der Waals surface area contributed by atoms with Crippen molar-refractivity contribution in [2.45, 2.75) is 6.17 Å². The minimum Gasteiger partial charge on any atom is -0.360 e. The summed E-state index contributed by atoms with van der Waals surface area (Å²) in [5.41, 5.74) is 1.55. The molecule has 1 unspecified atom stereocenters. The van der Waals surface area contributed by atoms with E-state index in [9.17, 15) is 13.2 Å². The van der Waals surface area contributed by atoms with E-state index in [2.05, 4.69) is 10.1 Å². The quantitative estimate of drug-likeness (QED) is 0.850. The van der Waals surface area contributed by atoms with Crippen molar-refractivity contribution in [3.05, 3.63) is 63.6 Å². The number of rotatable bonds is 3. The number of carbonyl (C=O) groups excluding carboxylic acids is 1. The number of fused-ring (bicyclic) bond motifs is 1. The van der Waals surface area contributed by atoms with E-state index in [4.69, 9.17) is 23.2 Å². The molecule has 0 fully saturated rings. The summed E-state index contributed by atoms with van der Waals surface area (Å²) < 4.78 is 23.3. The molecular weight excluding hydrogens is 373 g/mol. The first kappa shape index (κ1) is 17.0. The van der Waals surface area contributed by atoms with Crippen LogP contribution in [0.1, 0.15) is 22.1 Å². The van der Waals surface area contributed by atoms with Gasteiger partial charge in [-0.25, -0.2) is 13.4 Å². The lowest BCUT2D eigenvalue weighted by Gasteiger charge is -2.37. The lowest BCUT2D eigenvalue weighted by Crippen LogP contribution is -2.52. The molecule has 9 heteroatoms. The molecule has 1 heterocycles. The number of halogens is 2. The normalized spacial score (nSPS) is 17.4. The van der Waals surface area contributed by atoms with Crippen molar-refractivity contribution < 1.29 is 13.2 Å². The van der Waals surface area contributed by atoms with Crippen LogP contribution in [-0.2, 0) is 10.0 Å². The molecule has 0 radical (unpaired) electrons. The van der Waals surface area contributed by atoms with Crippen molar-refractivity contribution in [3.63, 3.8) is 0 Å². The predicted octanol–water partition coefficient (Wildman–Crippen LogP) is 3.02. The molecule has 1 aliphatic rings. The fourth-order valence-corrected chi connectivity index (χ4v) is 3.29. The maximum Gasteiger partial charge on any atom is 0.273 e. The van der Waals surface area contributed by atoms with E-state index < -0.39 is 22.1 Å². The molecule has 3 rings (SSSR count). The van der Waals surface area contributed by atoms with Gasteiger partial charge in [0.15, 0.2) is 0 Å². The van der Waals surface area contributed by atoms with Gasteiger partial charge in [-0.2, -0.15) is 0 Å². The molecule has 1 amide bonds. The van der Waals surface area contributed by atoms with Gasteiger partial charge in [0, 0.05) is 5.69 Å². The van der Waals surface area contributed by atoms with Gasteiger partial charge < -0.3 is 5.32 Å². The van der Waals surface area contributed by atoms with E-state index in [1.54, 1.807) is 42.5 Å². The molecule has 24 heavy (non-hydrogen) atoms. The Balaban J connectivity index is 2.10. The first-order valence-corrected chi connectivity index (χ1v) is 9.52. The summed E-state index contributed by atoms with van der Waals surface area (Å²) in [4.78, 5) is 15.0. The monoisotopic (exact) mass is 385 g/mol. The SMILES string of the molecule is CS(=O)(=O)NN1C(=O)c2ccccc2NC1c1ccc(Cl)c(Cl)c1. The maximum atomic E-state index is 12.7. The van der Waals surface area contributed by atoms with Gasteiger partial charge in [-0.15, -0.1) is 4.83 Å². The van der Waals surface area contributed by atoms with Crippen LogP contribution in [0.4, 0.5) is 5.69 Å². The smallest absolute Gasteiger partial charge is 0.273 e. The van der Waals surface area contributed by atoms with Gasteiger partial charge in [0.1, 0.15) is 6.17 Å². The van der Waals surface area contributed by atoms with E-state index in [-0.39, 0.29) is 0 Å². The minimum absolute atomic E-state index is 0.307. The fourth-order valence-electron chi connectivity index (χ4n) is 2.44. The Labute approximate surface area is 149 Å². The van der Waals surface area contributed by atoms with E-state index in [0.29, 0.717) is 26.9 Å². The number of benzene rings is 2. The average molecular weight is 386 g/mol.